The van der Waals surface area contributed by atoms with Crippen LogP contribution in [0.4, 0.5) is 0 Å². The van der Waals surface area contributed by atoms with Crippen LogP contribution < -0.4 is 5.73 Å². The number of benzene rings is 2. The Morgan fingerprint density at radius 3 is 1.76 bits per heavy atom. The van der Waals surface area contributed by atoms with E-state index in [4.69, 9.17) is 5.73 Å². The zero-order chi connectivity index (χ0) is 20.8. The molecule has 0 aromatic heterocycles. The maximum absolute atomic E-state index is 11.0. The number of fused-ring (bicyclic) bond motifs is 2. The van der Waals surface area contributed by atoms with Crippen LogP contribution in [0.1, 0.15) is 35.1 Å². The monoisotopic (exact) mass is 421 g/mol. The predicted octanol–water partition coefficient (Wildman–Crippen LogP) is 4.19. The second kappa shape index (κ2) is 16.1. The number of Topliss-reactive ketones (excluding diaryl/α,β-unsaturated/α-hetero) is 1. The molecule has 162 valence electrons. The second-order valence-corrected chi connectivity index (χ2v) is 7.07. The normalized spacial score (nSPS) is 16.0. The van der Waals surface area contributed by atoms with Gasteiger partial charge in [0.15, 0.2) is 0 Å². The van der Waals surface area contributed by atoms with Gasteiger partial charge in [-0.2, -0.15) is 0 Å². The van der Waals surface area contributed by atoms with Crippen molar-refractivity contribution in [2.75, 3.05) is 28.4 Å². The smallest absolute Gasteiger partial charge is 0.137 e. The molecule has 2 aromatic rings. The molecule has 0 heterocycles. The lowest BCUT2D eigenvalue weighted by Gasteiger charge is -2.20. The van der Waals surface area contributed by atoms with E-state index in [0.29, 0.717) is 18.2 Å². The SMILES string of the molecule is COC.COC.Cl.NC1CCc2ccccc2C1.O=C1CCc2ccccc2C1. The average molecular weight is 422 g/mol. The highest BCUT2D eigenvalue weighted by Gasteiger charge is 2.14. The lowest BCUT2D eigenvalue weighted by Crippen LogP contribution is -2.27. The molecular weight excluding hydrogens is 386 g/mol. The molecule has 29 heavy (non-hydrogen) atoms. The summed E-state index contributed by atoms with van der Waals surface area (Å²) in [5.74, 6) is 0.378. The Kier molecular flexibility index (Phi) is 15.2. The molecule has 4 rings (SSSR count). The van der Waals surface area contributed by atoms with E-state index < -0.39 is 0 Å². The summed E-state index contributed by atoms with van der Waals surface area (Å²) in [5.41, 5.74) is 11.4. The zero-order valence-electron chi connectivity index (χ0n) is 18.1. The maximum atomic E-state index is 11.0. The summed E-state index contributed by atoms with van der Waals surface area (Å²) >= 11 is 0. The Morgan fingerprint density at radius 1 is 0.759 bits per heavy atom. The van der Waals surface area contributed by atoms with E-state index >= 15 is 0 Å². The van der Waals surface area contributed by atoms with Crippen LogP contribution in [0.2, 0.25) is 0 Å². The molecule has 1 atom stereocenters. The topological polar surface area (TPSA) is 61.6 Å². The van der Waals surface area contributed by atoms with Gasteiger partial charge in [0.2, 0.25) is 0 Å². The van der Waals surface area contributed by atoms with E-state index in [1.165, 1.54) is 22.3 Å². The first-order valence-corrected chi connectivity index (χ1v) is 9.76. The number of hydrogen-bond acceptors (Lipinski definition) is 4. The first-order valence-electron chi connectivity index (χ1n) is 9.76. The molecule has 0 amide bonds. The molecule has 2 N–H and O–H groups in total. The molecule has 0 bridgehead atoms. The van der Waals surface area contributed by atoms with Crippen molar-refractivity contribution in [3.05, 3.63) is 70.8 Å². The summed E-state index contributed by atoms with van der Waals surface area (Å²) in [7, 11) is 6.50. The summed E-state index contributed by atoms with van der Waals surface area (Å²) < 4.78 is 8.50. The van der Waals surface area contributed by atoms with Crippen molar-refractivity contribution < 1.29 is 14.3 Å². The van der Waals surface area contributed by atoms with Gasteiger partial charge in [0, 0.05) is 47.3 Å². The first kappa shape index (κ1) is 27.3. The van der Waals surface area contributed by atoms with Crippen molar-refractivity contribution in [2.45, 2.75) is 44.6 Å². The van der Waals surface area contributed by atoms with Gasteiger partial charge in [-0.05, 0) is 47.9 Å². The molecule has 0 fully saturated rings. The molecule has 5 heteroatoms. The fourth-order valence-electron chi connectivity index (χ4n) is 3.27. The van der Waals surface area contributed by atoms with Crippen LogP contribution in [0, 0.1) is 0 Å². The van der Waals surface area contributed by atoms with Gasteiger partial charge in [-0.1, -0.05) is 48.5 Å². The van der Waals surface area contributed by atoms with Gasteiger partial charge < -0.3 is 15.2 Å². The lowest BCUT2D eigenvalue weighted by molar-refractivity contribution is -0.118. The molecule has 1 unspecified atom stereocenters. The molecule has 2 aliphatic rings. The van der Waals surface area contributed by atoms with Gasteiger partial charge in [-0.3, -0.25) is 4.79 Å². The number of methoxy groups -OCH3 is 2. The molecule has 0 aliphatic heterocycles. The minimum absolute atomic E-state index is 0. The van der Waals surface area contributed by atoms with Crippen molar-refractivity contribution in [1.82, 2.24) is 0 Å². The van der Waals surface area contributed by atoms with Crippen molar-refractivity contribution >= 4 is 18.2 Å². The number of aryl methyl sites for hydroxylation is 2. The third-order valence-electron chi connectivity index (χ3n) is 4.56. The van der Waals surface area contributed by atoms with Gasteiger partial charge in [0.1, 0.15) is 5.78 Å². The number of ether oxygens (including phenoxy) is 2. The standard InChI is InChI=1S/C10H13N.C10H10O.2C2H6O.ClH/c2*11-10-6-5-8-3-1-2-4-9(8)7-10;2*1-3-2;/h1-4,10H,5-7,11H2;1-4H,5-7H2;2*1-2H3;1H. The zero-order valence-corrected chi connectivity index (χ0v) is 19.0. The van der Waals surface area contributed by atoms with Crippen LogP contribution in [0.25, 0.3) is 0 Å². The molecule has 0 saturated heterocycles. The van der Waals surface area contributed by atoms with E-state index in [1.54, 1.807) is 28.4 Å². The van der Waals surface area contributed by atoms with Gasteiger partial charge >= 0.3 is 0 Å². The molecule has 2 aliphatic carbocycles. The molecule has 0 radical (unpaired) electrons. The van der Waals surface area contributed by atoms with Gasteiger partial charge in [-0.25, -0.2) is 0 Å². The fraction of sp³-hybridized carbons (Fsp3) is 0.458. The van der Waals surface area contributed by atoms with Gasteiger partial charge in [-0.15, -0.1) is 12.4 Å². The Labute approximate surface area is 182 Å². The van der Waals surface area contributed by atoms with Crippen molar-refractivity contribution in [1.29, 1.82) is 0 Å². The predicted molar refractivity (Wildman–Crippen MR) is 123 cm³/mol. The number of nitrogens with two attached hydrogens (primary N) is 1. The summed E-state index contributed by atoms with van der Waals surface area (Å²) in [6, 6.07) is 17.2. The number of hydrogen-bond donors (Lipinski definition) is 1. The number of carbonyl (C=O) groups is 1. The Balaban J connectivity index is 0.000000416. The lowest BCUT2D eigenvalue weighted by atomic mass is 9.89. The van der Waals surface area contributed by atoms with Gasteiger partial charge in [0.05, 0.1) is 0 Å². The quantitative estimate of drug-likeness (QED) is 0.692. The van der Waals surface area contributed by atoms with Crippen LogP contribution in [0.3, 0.4) is 0 Å². The van der Waals surface area contributed by atoms with Crippen molar-refractivity contribution in [2.24, 2.45) is 5.73 Å². The number of carbonyl (C=O) groups excluding carboxylic acids is 1. The molecule has 4 nitrogen and oxygen atoms in total. The summed E-state index contributed by atoms with van der Waals surface area (Å²) in [6.07, 6.45) is 5.70. The third kappa shape index (κ3) is 10.6. The minimum Gasteiger partial charge on any atom is -0.388 e. The fourth-order valence-corrected chi connectivity index (χ4v) is 3.27. The largest absolute Gasteiger partial charge is 0.388 e. The average Bonchev–Trinajstić information content (AvgIpc) is 2.69. The molecule has 0 spiro atoms. The highest BCUT2D eigenvalue weighted by molar-refractivity contribution is 5.85. The highest BCUT2D eigenvalue weighted by atomic mass is 35.5. The van der Waals surface area contributed by atoms with Crippen molar-refractivity contribution in [3.8, 4) is 0 Å². The van der Waals surface area contributed by atoms with Crippen LogP contribution in [-0.2, 0) is 40.0 Å². The van der Waals surface area contributed by atoms with Crippen LogP contribution in [0.5, 0.6) is 0 Å². The minimum atomic E-state index is 0. The third-order valence-corrected chi connectivity index (χ3v) is 4.56. The van der Waals surface area contributed by atoms with Crippen molar-refractivity contribution in [3.63, 3.8) is 0 Å². The molecular formula is C24H36ClNO3. The Bertz CT molecular complexity index is 704. The second-order valence-electron chi connectivity index (χ2n) is 7.07. The maximum Gasteiger partial charge on any atom is 0.137 e. The van der Waals surface area contributed by atoms with E-state index in [9.17, 15) is 4.79 Å². The summed E-state index contributed by atoms with van der Waals surface area (Å²) in [5, 5.41) is 0. The molecule has 0 saturated carbocycles. The summed E-state index contributed by atoms with van der Waals surface area (Å²) in [6.45, 7) is 0. The van der Waals surface area contributed by atoms with E-state index in [2.05, 4.69) is 39.8 Å². The first-order chi connectivity index (χ1) is 13.5. The Morgan fingerprint density at radius 2 is 1.21 bits per heavy atom. The van der Waals surface area contributed by atoms with E-state index in [0.717, 1.165) is 32.1 Å². The van der Waals surface area contributed by atoms with E-state index in [-0.39, 0.29) is 12.4 Å². The van der Waals surface area contributed by atoms with Gasteiger partial charge in [0.25, 0.3) is 0 Å². The van der Waals surface area contributed by atoms with Crippen LogP contribution >= 0.6 is 12.4 Å². The highest BCUT2D eigenvalue weighted by Crippen LogP contribution is 2.19. The van der Waals surface area contributed by atoms with Crippen LogP contribution in [-0.4, -0.2) is 40.3 Å². The number of halogens is 1. The summed E-state index contributed by atoms with van der Waals surface area (Å²) in [4.78, 5) is 11.0. The molecule has 2 aromatic carbocycles. The number of rotatable bonds is 0. The Hall–Kier alpha value is -1.72. The number of ketones is 1. The van der Waals surface area contributed by atoms with Crippen LogP contribution in [0.15, 0.2) is 48.5 Å². The van der Waals surface area contributed by atoms with E-state index in [1.807, 2.05) is 18.2 Å².